The largest absolute Gasteiger partial charge is 0.0651 e. The maximum Gasteiger partial charge on any atom is -0.0272 e. The molecule has 0 bridgehead atoms. The Labute approximate surface area is 130 Å². The zero-order valence-electron chi connectivity index (χ0n) is 16.6. The maximum absolute atomic E-state index is 2.49. The van der Waals surface area contributed by atoms with Crippen LogP contribution in [0, 0.1) is 33.5 Å². The van der Waals surface area contributed by atoms with Gasteiger partial charge in [-0.25, -0.2) is 0 Å². The van der Waals surface area contributed by atoms with Gasteiger partial charge in [-0.15, -0.1) is 0 Å². The molecule has 0 aromatic carbocycles. The Morgan fingerprint density at radius 2 is 1.10 bits per heavy atom. The molecule has 0 aromatic heterocycles. The molecule has 0 spiro atoms. The van der Waals surface area contributed by atoms with Gasteiger partial charge in [-0.3, -0.25) is 0 Å². The minimum absolute atomic E-state index is 0.337. The van der Waals surface area contributed by atoms with Gasteiger partial charge in [-0.05, 0) is 39.9 Å². The van der Waals surface area contributed by atoms with Crippen molar-refractivity contribution in [2.45, 2.75) is 95.9 Å². The van der Waals surface area contributed by atoms with Crippen LogP contribution in [-0.2, 0) is 0 Å². The molecule has 0 aliphatic carbocycles. The first kappa shape index (κ1) is 20.0. The smallest absolute Gasteiger partial charge is 0.0272 e. The Balaban J connectivity index is 5.31. The van der Waals surface area contributed by atoms with Gasteiger partial charge in [0, 0.05) is 0 Å². The summed E-state index contributed by atoms with van der Waals surface area (Å²) in [5, 5.41) is 0. The highest BCUT2D eigenvalue weighted by Gasteiger charge is 2.46. The molecule has 122 valence electrons. The molecule has 0 aliphatic rings. The van der Waals surface area contributed by atoms with Crippen LogP contribution in [0.25, 0.3) is 0 Å². The molecule has 0 fully saturated rings. The lowest BCUT2D eigenvalue weighted by molar-refractivity contribution is -0.0338. The fraction of sp³-hybridized carbons (Fsp3) is 1.00. The minimum atomic E-state index is 0.337. The summed E-state index contributed by atoms with van der Waals surface area (Å²) in [4.78, 5) is 0. The molecule has 0 aromatic rings. The second-order valence-corrected chi connectivity index (χ2v) is 10.4. The highest BCUT2D eigenvalue weighted by atomic mass is 14.5. The van der Waals surface area contributed by atoms with Crippen LogP contribution in [0.5, 0.6) is 0 Å². The van der Waals surface area contributed by atoms with Crippen molar-refractivity contribution in [3.8, 4) is 0 Å². The molecule has 0 saturated heterocycles. The highest BCUT2D eigenvalue weighted by molar-refractivity contribution is 4.95. The summed E-state index contributed by atoms with van der Waals surface area (Å²) in [6.45, 7) is 29.1. The monoisotopic (exact) mass is 282 g/mol. The van der Waals surface area contributed by atoms with Crippen molar-refractivity contribution in [3.05, 3.63) is 0 Å². The number of hydrogen-bond donors (Lipinski definition) is 0. The summed E-state index contributed by atoms with van der Waals surface area (Å²) in [5.41, 5.74) is 1.47. The third kappa shape index (κ3) is 4.50. The number of hydrogen-bond acceptors (Lipinski definition) is 0. The second-order valence-electron chi connectivity index (χ2n) is 10.4. The quantitative estimate of drug-likeness (QED) is 0.501. The molecule has 0 N–H and O–H groups in total. The van der Waals surface area contributed by atoms with E-state index in [-0.39, 0.29) is 0 Å². The standard InChI is InChI=1S/C20H42/c1-13-16(18(6,7)8)14-19(9,10)20(11,12)15(2)17(3,4)5/h15-16H,13-14H2,1-12H3/t15?,16-/m1/s1. The first-order chi connectivity index (χ1) is 8.57. The molecule has 20 heavy (non-hydrogen) atoms. The molecule has 2 atom stereocenters. The third-order valence-electron chi connectivity index (χ3n) is 6.60. The molecule has 0 amide bonds. The van der Waals surface area contributed by atoms with Crippen LogP contribution < -0.4 is 0 Å². The lowest BCUT2D eigenvalue weighted by Crippen LogP contribution is -2.45. The van der Waals surface area contributed by atoms with Gasteiger partial charge in [0.05, 0.1) is 0 Å². The molecule has 0 rings (SSSR count). The maximum atomic E-state index is 2.49. The van der Waals surface area contributed by atoms with E-state index in [2.05, 4.69) is 83.1 Å². The van der Waals surface area contributed by atoms with E-state index in [1.165, 1.54) is 12.8 Å². The lowest BCUT2D eigenvalue weighted by atomic mass is 9.52. The molecule has 0 nitrogen and oxygen atoms in total. The Bertz CT molecular complexity index is 293. The van der Waals surface area contributed by atoms with Crippen LogP contribution in [-0.4, -0.2) is 0 Å². The van der Waals surface area contributed by atoms with E-state index in [0.717, 1.165) is 5.92 Å². The summed E-state index contributed by atoms with van der Waals surface area (Å²) in [5.74, 6) is 1.49. The van der Waals surface area contributed by atoms with Crippen molar-refractivity contribution in [2.24, 2.45) is 33.5 Å². The van der Waals surface area contributed by atoms with Crippen LogP contribution in [0.2, 0.25) is 0 Å². The van der Waals surface area contributed by atoms with Crippen molar-refractivity contribution in [3.63, 3.8) is 0 Å². The SMILES string of the molecule is CC[C@H](CC(C)(C)C(C)(C)C(C)C(C)(C)C)C(C)(C)C. The Morgan fingerprint density at radius 1 is 0.700 bits per heavy atom. The van der Waals surface area contributed by atoms with E-state index >= 15 is 0 Å². The van der Waals surface area contributed by atoms with Gasteiger partial charge in [-0.2, -0.15) is 0 Å². The zero-order valence-corrected chi connectivity index (χ0v) is 16.6. The molecule has 0 aliphatic heterocycles. The van der Waals surface area contributed by atoms with Crippen molar-refractivity contribution < 1.29 is 0 Å². The van der Waals surface area contributed by atoms with Gasteiger partial charge in [0.15, 0.2) is 0 Å². The predicted octanol–water partition coefficient (Wildman–Crippen LogP) is 7.18. The average Bonchev–Trinajstić information content (AvgIpc) is 2.21. The molecular weight excluding hydrogens is 240 g/mol. The molecule has 0 heteroatoms. The van der Waals surface area contributed by atoms with E-state index < -0.39 is 0 Å². The highest BCUT2D eigenvalue weighted by Crippen LogP contribution is 2.54. The van der Waals surface area contributed by atoms with Crippen molar-refractivity contribution in [2.75, 3.05) is 0 Å². The Morgan fingerprint density at radius 3 is 1.35 bits per heavy atom. The Hall–Kier alpha value is 0. The first-order valence-corrected chi connectivity index (χ1v) is 8.57. The predicted molar refractivity (Wildman–Crippen MR) is 94.0 cm³/mol. The second kappa shape index (κ2) is 6.01. The van der Waals surface area contributed by atoms with Crippen LogP contribution in [0.3, 0.4) is 0 Å². The fourth-order valence-corrected chi connectivity index (χ4v) is 3.61. The topological polar surface area (TPSA) is 0 Å². The van der Waals surface area contributed by atoms with Crippen molar-refractivity contribution in [1.82, 2.24) is 0 Å². The molecule has 0 heterocycles. The average molecular weight is 283 g/mol. The van der Waals surface area contributed by atoms with Gasteiger partial charge in [0.2, 0.25) is 0 Å². The van der Waals surface area contributed by atoms with Crippen LogP contribution in [0.15, 0.2) is 0 Å². The summed E-state index contributed by atoms with van der Waals surface area (Å²) in [6.07, 6.45) is 2.60. The lowest BCUT2D eigenvalue weighted by Gasteiger charge is -2.53. The van der Waals surface area contributed by atoms with E-state index in [1.54, 1.807) is 0 Å². The molecule has 0 radical (unpaired) electrons. The fourth-order valence-electron chi connectivity index (χ4n) is 3.61. The van der Waals surface area contributed by atoms with Crippen LogP contribution in [0.4, 0.5) is 0 Å². The van der Waals surface area contributed by atoms with Gasteiger partial charge >= 0.3 is 0 Å². The Kier molecular flexibility index (Phi) is 6.01. The first-order valence-electron chi connectivity index (χ1n) is 8.57. The van der Waals surface area contributed by atoms with Crippen LogP contribution >= 0.6 is 0 Å². The number of rotatable bonds is 5. The van der Waals surface area contributed by atoms with Gasteiger partial charge < -0.3 is 0 Å². The third-order valence-corrected chi connectivity index (χ3v) is 6.60. The zero-order chi connectivity index (χ0) is 16.6. The van der Waals surface area contributed by atoms with Crippen molar-refractivity contribution >= 4 is 0 Å². The van der Waals surface area contributed by atoms with Crippen LogP contribution in [0.1, 0.15) is 95.9 Å². The molecular formula is C20H42. The van der Waals surface area contributed by atoms with Gasteiger partial charge in [0.25, 0.3) is 0 Å². The summed E-state index contributed by atoms with van der Waals surface area (Å²) < 4.78 is 0. The normalized spacial score (nSPS) is 18.0. The summed E-state index contributed by atoms with van der Waals surface area (Å²) in [7, 11) is 0. The van der Waals surface area contributed by atoms with Gasteiger partial charge in [-0.1, -0.05) is 89.5 Å². The summed E-state index contributed by atoms with van der Waals surface area (Å²) >= 11 is 0. The van der Waals surface area contributed by atoms with E-state index in [0.29, 0.717) is 27.6 Å². The molecule has 0 saturated carbocycles. The van der Waals surface area contributed by atoms with E-state index in [9.17, 15) is 0 Å². The van der Waals surface area contributed by atoms with E-state index in [4.69, 9.17) is 0 Å². The molecule has 1 unspecified atom stereocenters. The summed E-state index contributed by atoms with van der Waals surface area (Å²) in [6, 6.07) is 0. The van der Waals surface area contributed by atoms with Crippen molar-refractivity contribution in [1.29, 1.82) is 0 Å². The van der Waals surface area contributed by atoms with E-state index in [1.807, 2.05) is 0 Å². The van der Waals surface area contributed by atoms with Gasteiger partial charge in [0.1, 0.15) is 0 Å². The minimum Gasteiger partial charge on any atom is -0.0651 e.